The smallest absolute Gasteiger partial charge is 0.183 e. The number of piperazine rings is 1. The molecule has 0 radical (unpaired) electrons. The minimum absolute atomic E-state index is 0.448. The van der Waals surface area contributed by atoms with Gasteiger partial charge in [-0.05, 0) is 44.1 Å². The van der Waals surface area contributed by atoms with E-state index in [0.29, 0.717) is 11.1 Å². The number of rotatable bonds is 8. The molecule has 7 heteroatoms. The molecule has 1 aromatic heterocycles. The normalized spacial score (nSPS) is 16.0. The van der Waals surface area contributed by atoms with Crippen molar-refractivity contribution in [3.05, 3.63) is 39.3 Å². The Labute approximate surface area is 164 Å². The van der Waals surface area contributed by atoms with Gasteiger partial charge in [0.15, 0.2) is 16.0 Å². The molecule has 3 rings (SSSR count). The summed E-state index contributed by atoms with van der Waals surface area (Å²) >= 11 is 7.28. The van der Waals surface area contributed by atoms with Crippen LogP contribution in [0.25, 0.3) is 0 Å². The lowest BCUT2D eigenvalue weighted by atomic mass is 10.1. The fourth-order valence-corrected chi connectivity index (χ4v) is 3.96. The standard InChI is InChI=1S/C19H26ClN3O2S/c1-22-8-10-23(11-9-22)7-3-4-15-5-6-17(18(12-15)24-2)25-14-16-13-21-19(20)26-16/h5-6,12-13H,3-4,7-11,14H2,1-2H3. The fourth-order valence-electron chi connectivity index (χ4n) is 3.06. The van der Waals surface area contributed by atoms with Crippen LogP contribution in [0.15, 0.2) is 24.4 Å². The predicted molar refractivity (Wildman–Crippen MR) is 107 cm³/mol. The number of hydrogen-bond donors (Lipinski definition) is 0. The molecule has 5 nitrogen and oxygen atoms in total. The molecule has 0 aliphatic carbocycles. The van der Waals surface area contributed by atoms with Crippen molar-refractivity contribution < 1.29 is 9.47 Å². The van der Waals surface area contributed by atoms with Crippen molar-refractivity contribution in [2.24, 2.45) is 0 Å². The van der Waals surface area contributed by atoms with Crippen molar-refractivity contribution in [1.82, 2.24) is 14.8 Å². The van der Waals surface area contributed by atoms with Crippen LogP contribution in [0.5, 0.6) is 11.5 Å². The van der Waals surface area contributed by atoms with Crippen LogP contribution in [0.3, 0.4) is 0 Å². The molecule has 2 aromatic rings. The third-order valence-corrected chi connectivity index (χ3v) is 5.75. The number of aromatic nitrogens is 1. The third kappa shape index (κ3) is 5.58. The van der Waals surface area contributed by atoms with Crippen molar-refractivity contribution in [3.8, 4) is 11.5 Å². The SMILES string of the molecule is COc1cc(CCCN2CCN(C)CC2)ccc1OCc1cnc(Cl)s1. The number of hydrogen-bond acceptors (Lipinski definition) is 6. The average molecular weight is 396 g/mol. The summed E-state index contributed by atoms with van der Waals surface area (Å²) in [5, 5.41) is 0. The van der Waals surface area contributed by atoms with Gasteiger partial charge < -0.3 is 19.3 Å². The van der Waals surface area contributed by atoms with E-state index in [0.717, 1.165) is 35.8 Å². The molecule has 1 aliphatic rings. The highest BCUT2D eigenvalue weighted by molar-refractivity contribution is 7.15. The molecule has 1 fully saturated rings. The number of ether oxygens (including phenoxy) is 2. The first kappa shape index (κ1) is 19.4. The summed E-state index contributed by atoms with van der Waals surface area (Å²) in [6.45, 7) is 6.29. The molecular weight excluding hydrogens is 370 g/mol. The first-order valence-electron chi connectivity index (χ1n) is 8.95. The molecule has 1 saturated heterocycles. The lowest BCUT2D eigenvalue weighted by molar-refractivity contribution is 0.153. The summed E-state index contributed by atoms with van der Waals surface area (Å²) in [6, 6.07) is 6.20. The first-order valence-corrected chi connectivity index (χ1v) is 10.1. The molecule has 0 bridgehead atoms. The Balaban J connectivity index is 1.49. The van der Waals surface area contributed by atoms with Crippen LogP contribution < -0.4 is 9.47 Å². The van der Waals surface area contributed by atoms with Crippen molar-refractivity contribution in [2.45, 2.75) is 19.4 Å². The van der Waals surface area contributed by atoms with Gasteiger partial charge in [0.2, 0.25) is 0 Å². The molecule has 0 saturated carbocycles. The average Bonchev–Trinajstić information content (AvgIpc) is 3.07. The highest BCUT2D eigenvalue weighted by atomic mass is 35.5. The highest BCUT2D eigenvalue weighted by Crippen LogP contribution is 2.30. The minimum Gasteiger partial charge on any atom is -0.493 e. The van der Waals surface area contributed by atoms with Gasteiger partial charge in [-0.3, -0.25) is 0 Å². The van der Waals surface area contributed by atoms with Gasteiger partial charge in [0.1, 0.15) is 6.61 Å². The first-order chi connectivity index (χ1) is 12.6. The van der Waals surface area contributed by atoms with Crippen molar-refractivity contribution in [2.75, 3.05) is 46.9 Å². The van der Waals surface area contributed by atoms with E-state index in [-0.39, 0.29) is 0 Å². The molecule has 0 atom stereocenters. The Morgan fingerprint density at radius 1 is 1.19 bits per heavy atom. The molecule has 0 amide bonds. The number of likely N-dealkylation sites (N-methyl/N-ethyl adjacent to an activating group) is 1. The molecule has 26 heavy (non-hydrogen) atoms. The van der Waals surface area contributed by atoms with Crippen LogP contribution in [-0.2, 0) is 13.0 Å². The van der Waals surface area contributed by atoms with Crippen LogP contribution >= 0.6 is 22.9 Å². The quantitative estimate of drug-likeness (QED) is 0.683. The zero-order chi connectivity index (χ0) is 18.4. The summed E-state index contributed by atoms with van der Waals surface area (Å²) < 4.78 is 11.9. The summed E-state index contributed by atoms with van der Waals surface area (Å²) in [7, 11) is 3.87. The maximum Gasteiger partial charge on any atom is 0.183 e. The van der Waals surface area contributed by atoms with E-state index < -0.39 is 0 Å². The maximum atomic E-state index is 5.87. The Bertz CT molecular complexity index is 702. The largest absolute Gasteiger partial charge is 0.493 e. The summed E-state index contributed by atoms with van der Waals surface area (Å²) in [4.78, 5) is 9.96. The van der Waals surface area contributed by atoms with E-state index in [1.54, 1.807) is 13.3 Å². The lowest BCUT2D eigenvalue weighted by Gasteiger charge is -2.32. The zero-order valence-corrected chi connectivity index (χ0v) is 17.0. The Kier molecular flexibility index (Phi) is 7.14. The number of aryl methyl sites for hydroxylation is 1. The van der Waals surface area contributed by atoms with E-state index in [2.05, 4.69) is 34.0 Å². The number of nitrogens with zero attached hydrogens (tertiary/aromatic N) is 3. The van der Waals surface area contributed by atoms with Crippen molar-refractivity contribution >= 4 is 22.9 Å². The second kappa shape index (κ2) is 9.55. The van der Waals surface area contributed by atoms with Gasteiger partial charge in [-0.15, -0.1) is 11.3 Å². The van der Waals surface area contributed by atoms with Crippen molar-refractivity contribution in [1.29, 1.82) is 0 Å². The topological polar surface area (TPSA) is 37.8 Å². The highest BCUT2D eigenvalue weighted by Gasteiger charge is 2.13. The molecule has 1 aromatic carbocycles. The Morgan fingerprint density at radius 3 is 2.69 bits per heavy atom. The minimum atomic E-state index is 0.448. The predicted octanol–water partition coefficient (Wildman–Crippen LogP) is 3.56. The van der Waals surface area contributed by atoms with Gasteiger partial charge in [0.25, 0.3) is 0 Å². The van der Waals surface area contributed by atoms with Crippen LogP contribution in [0.4, 0.5) is 0 Å². The van der Waals surface area contributed by atoms with Gasteiger partial charge in [-0.2, -0.15) is 0 Å². The summed E-state index contributed by atoms with van der Waals surface area (Å²) in [5.74, 6) is 1.53. The van der Waals surface area contributed by atoms with E-state index >= 15 is 0 Å². The van der Waals surface area contributed by atoms with Crippen LogP contribution in [0.2, 0.25) is 4.47 Å². The monoisotopic (exact) mass is 395 g/mol. The maximum absolute atomic E-state index is 5.87. The molecule has 142 valence electrons. The van der Waals surface area contributed by atoms with Crippen LogP contribution in [0, 0.1) is 0 Å². The second-order valence-corrected chi connectivity index (χ2v) is 8.30. The Morgan fingerprint density at radius 2 is 2.00 bits per heavy atom. The van der Waals surface area contributed by atoms with Gasteiger partial charge in [-0.1, -0.05) is 17.7 Å². The molecular formula is C19H26ClN3O2S. The van der Waals surface area contributed by atoms with Gasteiger partial charge in [0.05, 0.1) is 12.0 Å². The third-order valence-electron chi connectivity index (χ3n) is 4.66. The Hall–Kier alpha value is -1.34. The number of halogens is 1. The van der Waals surface area contributed by atoms with Gasteiger partial charge in [-0.25, -0.2) is 4.98 Å². The zero-order valence-electron chi connectivity index (χ0n) is 15.4. The lowest BCUT2D eigenvalue weighted by Crippen LogP contribution is -2.44. The summed E-state index contributed by atoms with van der Waals surface area (Å²) in [6.07, 6.45) is 3.95. The van der Waals surface area contributed by atoms with E-state index in [9.17, 15) is 0 Å². The van der Waals surface area contributed by atoms with Gasteiger partial charge in [0, 0.05) is 32.4 Å². The fraction of sp³-hybridized carbons (Fsp3) is 0.526. The molecule has 0 N–H and O–H groups in total. The van der Waals surface area contributed by atoms with Crippen LogP contribution in [0.1, 0.15) is 16.9 Å². The molecule has 0 spiro atoms. The molecule has 1 aliphatic heterocycles. The van der Waals surface area contributed by atoms with Gasteiger partial charge >= 0.3 is 0 Å². The van der Waals surface area contributed by atoms with Crippen LogP contribution in [-0.4, -0.2) is 61.7 Å². The second-order valence-electron chi connectivity index (χ2n) is 6.60. The van der Waals surface area contributed by atoms with E-state index in [1.165, 1.54) is 43.1 Å². The van der Waals surface area contributed by atoms with E-state index in [1.807, 2.05) is 6.07 Å². The molecule has 0 unspecified atom stereocenters. The van der Waals surface area contributed by atoms with E-state index in [4.69, 9.17) is 21.1 Å². The number of methoxy groups -OCH3 is 1. The number of benzene rings is 1. The molecule has 2 heterocycles. The number of thiazole rings is 1. The summed E-state index contributed by atoms with van der Waals surface area (Å²) in [5.41, 5.74) is 1.28. The van der Waals surface area contributed by atoms with Crippen molar-refractivity contribution in [3.63, 3.8) is 0 Å².